The molecule has 0 fully saturated rings. The lowest BCUT2D eigenvalue weighted by atomic mass is 9.72. The van der Waals surface area contributed by atoms with E-state index in [-0.39, 0.29) is 10.8 Å². The molecular weight excluding hydrogens is 462 g/mol. The number of para-hydroxylation sites is 3. The second-order valence-electron chi connectivity index (χ2n) is 11.5. The van der Waals surface area contributed by atoms with Gasteiger partial charge < -0.3 is 9.64 Å². The van der Waals surface area contributed by atoms with E-state index in [0.717, 1.165) is 11.5 Å². The van der Waals surface area contributed by atoms with Crippen LogP contribution in [0.5, 0.6) is 11.5 Å². The van der Waals surface area contributed by atoms with Crippen LogP contribution in [0, 0.1) is 0 Å². The lowest BCUT2D eigenvalue weighted by molar-refractivity contribution is 0.418. The fraction of sp³-hybridized carbons (Fsp3) is 0.167. The van der Waals surface area contributed by atoms with E-state index in [2.05, 4.69) is 142 Å². The normalized spacial score (nSPS) is 15.9. The minimum atomic E-state index is -0.142. The summed E-state index contributed by atoms with van der Waals surface area (Å²) in [5, 5.41) is 0. The van der Waals surface area contributed by atoms with Crippen LogP contribution in [0.15, 0.2) is 115 Å². The van der Waals surface area contributed by atoms with Gasteiger partial charge in [-0.1, -0.05) is 94.4 Å². The minimum absolute atomic E-state index is 0.136. The van der Waals surface area contributed by atoms with Crippen LogP contribution in [0.2, 0.25) is 0 Å². The first kappa shape index (κ1) is 22.9. The smallest absolute Gasteiger partial charge is 0.131 e. The summed E-state index contributed by atoms with van der Waals surface area (Å²) in [6, 6.07) is 41.5. The van der Waals surface area contributed by atoms with Crippen LogP contribution in [0.25, 0.3) is 11.1 Å². The molecule has 0 saturated heterocycles. The zero-order valence-electron chi connectivity index (χ0n) is 22.3. The van der Waals surface area contributed by atoms with Crippen LogP contribution in [0.3, 0.4) is 0 Å². The molecule has 0 aliphatic carbocycles. The van der Waals surface area contributed by atoms with Gasteiger partial charge in [0.1, 0.15) is 11.5 Å². The summed E-state index contributed by atoms with van der Waals surface area (Å²) in [6.45, 7) is 9.28. The predicted molar refractivity (Wildman–Crippen MR) is 157 cm³/mol. The molecule has 7 rings (SSSR count). The topological polar surface area (TPSA) is 12.5 Å². The van der Waals surface area contributed by atoms with Gasteiger partial charge in [0.25, 0.3) is 0 Å². The number of fused-ring (bicyclic) bond motifs is 4. The Morgan fingerprint density at radius 1 is 0.474 bits per heavy atom. The Morgan fingerprint density at radius 3 is 1.82 bits per heavy atom. The molecule has 0 aromatic heterocycles. The third kappa shape index (κ3) is 3.26. The first-order chi connectivity index (χ1) is 18.4. The predicted octanol–water partition coefficient (Wildman–Crippen LogP) is 9.89. The Bertz CT molecular complexity index is 1700. The third-order valence-electron chi connectivity index (χ3n) is 8.51. The van der Waals surface area contributed by atoms with Crippen molar-refractivity contribution < 1.29 is 4.74 Å². The van der Waals surface area contributed by atoms with Crippen molar-refractivity contribution in [3.63, 3.8) is 0 Å². The van der Waals surface area contributed by atoms with Gasteiger partial charge in [0.05, 0.1) is 11.4 Å². The highest BCUT2D eigenvalue weighted by molar-refractivity contribution is 5.87. The number of benzene rings is 5. The molecule has 5 aromatic rings. The average molecular weight is 494 g/mol. The third-order valence-corrected chi connectivity index (χ3v) is 8.51. The highest BCUT2D eigenvalue weighted by Crippen LogP contribution is 2.53. The lowest BCUT2D eigenvalue weighted by Gasteiger charge is -2.42. The highest BCUT2D eigenvalue weighted by Gasteiger charge is 2.37. The molecule has 0 radical (unpaired) electrons. The van der Waals surface area contributed by atoms with Crippen molar-refractivity contribution in [2.24, 2.45) is 0 Å². The van der Waals surface area contributed by atoms with E-state index in [1.165, 1.54) is 50.4 Å². The quantitative estimate of drug-likeness (QED) is 0.243. The maximum absolute atomic E-state index is 6.32. The van der Waals surface area contributed by atoms with Crippen molar-refractivity contribution in [1.29, 1.82) is 0 Å². The summed E-state index contributed by atoms with van der Waals surface area (Å²) in [4.78, 5) is 2.40. The monoisotopic (exact) mass is 493 g/mol. The van der Waals surface area contributed by atoms with E-state index in [1.54, 1.807) is 0 Å². The molecule has 0 saturated carbocycles. The first-order valence-electron chi connectivity index (χ1n) is 13.4. The van der Waals surface area contributed by atoms with Gasteiger partial charge in [-0.05, 0) is 70.8 Å². The Labute approximate surface area is 225 Å². The van der Waals surface area contributed by atoms with Crippen LogP contribution in [-0.2, 0) is 10.8 Å². The Kier molecular flexibility index (Phi) is 4.87. The summed E-state index contributed by atoms with van der Waals surface area (Å²) < 4.78 is 6.32. The van der Waals surface area contributed by atoms with Crippen molar-refractivity contribution >= 4 is 17.1 Å². The summed E-state index contributed by atoms with van der Waals surface area (Å²) in [5.74, 6) is 1.90. The number of anilines is 3. The van der Waals surface area contributed by atoms with Crippen LogP contribution >= 0.6 is 0 Å². The van der Waals surface area contributed by atoms with Crippen molar-refractivity contribution in [2.45, 2.75) is 38.5 Å². The van der Waals surface area contributed by atoms with Gasteiger partial charge >= 0.3 is 0 Å². The molecule has 0 spiro atoms. The van der Waals surface area contributed by atoms with Crippen molar-refractivity contribution in [3.05, 3.63) is 138 Å². The molecule has 38 heavy (non-hydrogen) atoms. The molecule has 0 atom stereocenters. The maximum atomic E-state index is 6.32. The van der Waals surface area contributed by atoms with Crippen LogP contribution in [0.1, 0.15) is 49.9 Å². The first-order valence-corrected chi connectivity index (χ1v) is 13.4. The Hall–Kier alpha value is -4.30. The number of nitrogens with zero attached hydrogens (tertiary/aromatic N) is 1. The van der Waals surface area contributed by atoms with E-state index in [4.69, 9.17) is 4.74 Å². The van der Waals surface area contributed by atoms with Gasteiger partial charge in [-0.25, -0.2) is 0 Å². The molecule has 2 aliphatic heterocycles. The van der Waals surface area contributed by atoms with E-state index >= 15 is 0 Å². The van der Waals surface area contributed by atoms with Crippen LogP contribution in [0.4, 0.5) is 17.1 Å². The summed E-state index contributed by atoms with van der Waals surface area (Å²) in [7, 11) is 0. The van der Waals surface area contributed by atoms with Gasteiger partial charge in [0.2, 0.25) is 0 Å². The standard InChI is InChI=1S/C36H31NO/c1-35(2)27-14-8-10-16-31(27)37(26-12-6-5-7-13-26)32-20-18-24(22-29(32)35)25-19-21-34-30(23-25)36(3,4)28-15-9-11-17-33(28)38-34/h5-23H,1-4H3. The number of rotatable bonds is 2. The average Bonchev–Trinajstić information content (AvgIpc) is 2.94. The Balaban J connectivity index is 1.38. The lowest BCUT2D eigenvalue weighted by Crippen LogP contribution is -2.30. The zero-order chi connectivity index (χ0) is 26.1. The second-order valence-corrected chi connectivity index (χ2v) is 11.5. The molecule has 2 heteroatoms. The highest BCUT2D eigenvalue weighted by atomic mass is 16.5. The van der Waals surface area contributed by atoms with Gasteiger partial charge in [0.15, 0.2) is 0 Å². The Morgan fingerprint density at radius 2 is 1.03 bits per heavy atom. The molecule has 2 nitrogen and oxygen atoms in total. The number of ether oxygens (including phenoxy) is 1. The zero-order valence-corrected chi connectivity index (χ0v) is 22.3. The molecule has 0 N–H and O–H groups in total. The van der Waals surface area contributed by atoms with E-state index in [9.17, 15) is 0 Å². The molecular formula is C36H31NO. The van der Waals surface area contributed by atoms with Gasteiger partial charge in [-0.2, -0.15) is 0 Å². The number of hydrogen-bond donors (Lipinski definition) is 0. The van der Waals surface area contributed by atoms with E-state index in [0.29, 0.717) is 0 Å². The van der Waals surface area contributed by atoms with Crippen molar-refractivity contribution in [1.82, 2.24) is 0 Å². The van der Waals surface area contributed by atoms with Crippen molar-refractivity contribution in [3.8, 4) is 22.6 Å². The summed E-state index contributed by atoms with van der Waals surface area (Å²) in [5.41, 5.74) is 10.9. The second kappa shape index (κ2) is 8.10. The largest absolute Gasteiger partial charge is 0.457 e. The SMILES string of the molecule is CC1(C)c2ccccc2Oc2ccc(-c3ccc4c(c3)C(C)(C)c3ccccc3N4c3ccccc3)cc21. The fourth-order valence-corrected chi connectivity index (χ4v) is 6.36. The van der Waals surface area contributed by atoms with Crippen LogP contribution in [-0.4, -0.2) is 0 Å². The maximum Gasteiger partial charge on any atom is 0.131 e. The van der Waals surface area contributed by atoms with Gasteiger partial charge in [-0.15, -0.1) is 0 Å². The van der Waals surface area contributed by atoms with Gasteiger partial charge in [0, 0.05) is 27.6 Å². The molecule has 0 amide bonds. The molecule has 0 bridgehead atoms. The molecule has 5 aromatic carbocycles. The van der Waals surface area contributed by atoms with Gasteiger partial charge in [-0.3, -0.25) is 0 Å². The molecule has 186 valence electrons. The van der Waals surface area contributed by atoms with E-state index in [1.807, 2.05) is 6.07 Å². The van der Waals surface area contributed by atoms with E-state index < -0.39 is 0 Å². The fourth-order valence-electron chi connectivity index (χ4n) is 6.36. The summed E-state index contributed by atoms with van der Waals surface area (Å²) in [6.07, 6.45) is 0. The molecule has 0 unspecified atom stereocenters. The van der Waals surface area contributed by atoms with Crippen molar-refractivity contribution in [2.75, 3.05) is 4.90 Å². The summed E-state index contributed by atoms with van der Waals surface area (Å²) >= 11 is 0. The molecule has 2 heterocycles. The van der Waals surface area contributed by atoms with Crippen LogP contribution < -0.4 is 9.64 Å². The number of hydrogen-bond acceptors (Lipinski definition) is 2. The minimum Gasteiger partial charge on any atom is -0.457 e. The molecule has 2 aliphatic rings.